The lowest BCUT2D eigenvalue weighted by Crippen LogP contribution is -1.99. The Bertz CT molecular complexity index is 328. The van der Waals surface area contributed by atoms with Crippen LogP contribution in [0.1, 0.15) is 54.9 Å². The van der Waals surface area contributed by atoms with Gasteiger partial charge in [0, 0.05) is 11.5 Å². The van der Waals surface area contributed by atoms with Crippen molar-refractivity contribution in [3.05, 3.63) is 24.3 Å². The van der Waals surface area contributed by atoms with E-state index >= 15 is 0 Å². The smallest absolute Gasteiger partial charge is 0.384 e. The van der Waals surface area contributed by atoms with Crippen molar-refractivity contribution >= 4 is 11.8 Å². The first-order valence-corrected chi connectivity index (χ1v) is 7.11. The van der Waals surface area contributed by atoms with Crippen molar-refractivity contribution in [1.82, 2.24) is 0 Å². The van der Waals surface area contributed by atoms with Crippen LogP contribution in [0.2, 0.25) is 0 Å². The highest BCUT2D eigenvalue weighted by molar-refractivity contribution is 6.12. The lowest BCUT2D eigenvalue weighted by atomic mass is 10.2. The van der Waals surface area contributed by atoms with E-state index < -0.39 is 11.8 Å². The lowest BCUT2D eigenvalue weighted by molar-refractivity contribution is -0.133. The summed E-state index contributed by atoms with van der Waals surface area (Å²) in [6.07, 6.45) is 4.19. The third kappa shape index (κ3) is 21.5. The maximum Gasteiger partial charge on any atom is 0.384 e. The number of ketones is 1. The molecule has 0 aromatic rings. The molecule has 0 aliphatic rings. The summed E-state index contributed by atoms with van der Waals surface area (Å²) in [5, 5.41) is 0. The van der Waals surface area contributed by atoms with Gasteiger partial charge >= 0.3 is 5.97 Å². The average molecular weight is 282 g/mol. The minimum atomic E-state index is -0.731. The fourth-order valence-corrected chi connectivity index (χ4v) is 0.575. The van der Waals surface area contributed by atoms with Crippen molar-refractivity contribution in [2.24, 2.45) is 0 Å². The predicted octanol–water partition coefficient (Wildman–Crippen LogP) is 4.33. The van der Waals surface area contributed by atoms with Crippen molar-refractivity contribution in [3.63, 3.8) is 0 Å². The van der Waals surface area contributed by atoms with Crippen LogP contribution >= 0.6 is 0 Å². The number of Topliss-reactive ketones (excluding diaryl/α,β-unsaturated/α-hetero) is 1. The standard InChI is InChI=1S/C11H12O3.3C2H6/c1-4-5-6-9(2)10(12)7-8-11(13)14-3;3*1-2/h5-6H,2,4H2,1,3H3;3*1-2H3/b6-5-;;;. The van der Waals surface area contributed by atoms with Crippen LogP contribution in [0.4, 0.5) is 0 Å². The summed E-state index contributed by atoms with van der Waals surface area (Å²) in [7, 11) is 1.20. The zero-order chi connectivity index (χ0) is 17.0. The number of ether oxygens (including phenoxy) is 1. The number of hydrogen-bond acceptors (Lipinski definition) is 3. The van der Waals surface area contributed by atoms with Gasteiger partial charge in [-0.1, -0.05) is 67.2 Å². The highest BCUT2D eigenvalue weighted by Crippen LogP contribution is 1.95. The van der Waals surface area contributed by atoms with Crippen LogP contribution in [0.25, 0.3) is 0 Å². The van der Waals surface area contributed by atoms with E-state index in [1.807, 2.05) is 54.4 Å². The highest BCUT2D eigenvalue weighted by atomic mass is 16.5. The highest BCUT2D eigenvalue weighted by Gasteiger charge is 1.99. The van der Waals surface area contributed by atoms with Crippen LogP contribution < -0.4 is 0 Å². The summed E-state index contributed by atoms with van der Waals surface area (Å²) >= 11 is 0. The third-order valence-corrected chi connectivity index (χ3v) is 1.31. The molecule has 0 aliphatic carbocycles. The molecule has 0 aromatic heterocycles. The molecule has 0 heterocycles. The van der Waals surface area contributed by atoms with Crippen LogP contribution in [0.5, 0.6) is 0 Å². The van der Waals surface area contributed by atoms with Crippen LogP contribution in [-0.4, -0.2) is 18.9 Å². The van der Waals surface area contributed by atoms with Crippen LogP contribution in [0.15, 0.2) is 24.3 Å². The normalized spacial score (nSPS) is 7.20. The monoisotopic (exact) mass is 282 g/mol. The van der Waals surface area contributed by atoms with Gasteiger partial charge < -0.3 is 4.74 Å². The molecule has 0 aliphatic heterocycles. The summed E-state index contributed by atoms with van der Waals surface area (Å²) in [6.45, 7) is 17.4. The summed E-state index contributed by atoms with van der Waals surface area (Å²) in [5.74, 6) is 2.96. The predicted molar refractivity (Wildman–Crippen MR) is 87.4 cm³/mol. The maximum atomic E-state index is 11.1. The Morgan fingerprint density at radius 3 is 1.85 bits per heavy atom. The molecule has 0 radical (unpaired) electrons. The van der Waals surface area contributed by atoms with E-state index in [1.165, 1.54) is 7.11 Å². The summed E-state index contributed by atoms with van der Waals surface area (Å²) in [6, 6.07) is 0. The molecule has 0 unspecified atom stereocenters. The quantitative estimate of drug-likeness (QED) is 0.193. The van der Waals surface area contributed by atoms with E-state index in [-0.39, 0.29) is 5.57 Å². The average Bonchev–Trinajstić information content (AvgIpc) is 2.55. The van der Waals surface area contributed by atoms with Crippen molar-refractivity contribution in [3.8, 4) is 11.8 Å². The molecule has 0 saturated carbocycles. The fraction of sp³-hybridized carbons (Fsp3) is 0.529. The second-order valence-corrected chi connectivity index (χ2v) is 2.41. The van der Waals surface area contributed by atoms with Gasteiger partial charge in [-0.05, 0) is 12.3 Å². The van der Waals surface area contributed by atoms with Crippen LogP contribution in [-0.2, 0) is 14.3 Å². The fourth-order valence-electron chi connectivity index (χ4n) is 0.575. The molecule has 116 valence electrons. The Kier molecular flexibility index (Phi) is 34.5. The zero-order valence-electron chi connectivity index (χ0n) is 14.3. The van der Waals surface area contributed by atoms with E-state index in [2.05, 4.69) is 17.2 Å². The van der Waals surface area contributed by atoms with Crippen LogP contribution in [0.3, 0.4) is 0 Å². The Balaban J connectivity index is -0.000000187. The van der Waals surface area contributed by atoms with Crippen molar-refractivity contribution in [2.45, 2.75) is 54.9 Å². The molecule has 0 saturated heterocycles. The van der Waals surface area contributed by atoms with Gasteiger partial charge in [-0.2, -0.15) is 0 Å². The first-order chi connectivity index (χ1) is 9.61. The number of esters is 1. The molecule has 20 heavy (non-hydrogen) atoms. The molecule has 0 rings (SSSR count). The Labute approximate surface area is 125 Å². The molecular formula is C17H30O3. The minimum absolute atomic E-state index is 0.267. The summed E-state index contributed by atoms with van der Waals surface area (Å²) in [4.78, 5) is 21.7. The van der Waals surface area contributed by atoms with E-state index in [4.69, 9.17) is 0 Å². The molecule has 0 spiro atoms. The molecule has 0 amide bonds. The van der Waals surface area contributed by atoms with Gasteiger partial charge in [-0.15, -0.1) is 0 Å². The van der Waals surface area contributed by atoms with Crippen molar-refractivity contribution < 1.29 is 14.3 Å². The van der Waals surface area contributed by atoms with Crippen LogP contribution in [0, 0.1) is 11.8 Å². The second-order valence-electron chi connectivity index (χ2n) is 2.41. The van der Waals surface area contributed by atoms with Crippen molar-refractivity contribution in [2.75, 3.05) is 7.11 Å². The van der Waals surface area contributed by atoms with Gasteiger partial charge in [0.15, 0.2) is 0 Å². The summed E-state index contributed by atoms with van der Waals surface area (Å²) < 4.78 is 4.25. The molecule has 0 fully saturated rings. The minimum Gasteiger partial charge on any atom is -0.459 e. The number of allylic oxidation sites excluding steroid dienone is 3. The van der Waals surface area contributed by atoms with E-state index in [0.29, 0.717) is 0 Å². The number of methoxy groups -OCH3 is 1. The number of carbonyl (C=O) groups is 2. The zero-order valence-corrected chi connectivity index (χ0v) is 14.3. The van der Waals surface area contributed by atoms with Gasteiger partial charge in [-0.25, -0.2) is 4.79 Å². The first kappa shape index (κ1) is 26.7. The van der Waals surface area contributed by atoms with Gasteiger partial charge in [0.1, 0.15) is 0 Å². The summed E-state index contributed by atoms with van der Waals surface area (Å²) in [5.41, 5.74) is 0.267. The molecule has 3 nitrogen and oxygen atoms in total. The van der Waals surface area contributed by atoms with Gasteiger partial charge in [-0.3, -0.25) is 4.79 Å². The lowest BCUT2D eigenvalue weighted by Gasteiger charge is -1.89. The molecule has 0 aromatic carbocycles. The molecule has 0 bridgehead atoms. The van der Waals surface area contributed by atoms with Crippen molar-refractivity contribution in [1.29, 1.82) is 0 Å². The third-order valence-electron chi connectivity index (χ3n) is 1.31. The first-order valence-electron chi connectivity index (χ1n) is 7.11. The van der Waals surface area contributed by atoms with Gasteiger partial charge in [0.25, 0.3) is 0 Å². The Hall–Kier alpha value is -1.82. The second kappa shape index (κ2) is 25.9. The molecule has 0 atom stereocenters. The SMILES string of the molecule is C=C(/C=C\CC)C(=O)C#CC(=O)OC.CC.CC.CC. The largest absolute Gasteiger partial charge is 0.459 e. The molecular weight excluding hydrogens is 252 g/mol. The van der Waals surface area contributed by atoms with Gasteiger partial charge in [0.05, 0.1) is 7.11 Å². The molecule has 0 N–H and O–H groups in total. The maximum absolute atomic E-state index is 11.1. The van der Waals surface area contributed by atoms with E-state index in [9.17, 15) is 9.59 Å². The Morgan fingerprint density at radius 1 is 1.05 bits per heavy atom. The Morgan fingerprint density at radius 2 is 1.50 bits per heavy atom. The number of rotatable bonds is 3. The topological polar surface area (TPSA) is 43.4 Å². The number of hydrogen-bond donors (Lipinski definition) is 0. The van der Waals surface area contributed by atoms with E-state index in [0.717, 1.165) is 6.42 Å². The number of carbonyl (C=O) groups excluding carboxylic acids is 2. The van der Waals surface area contributed by atoms with E-state index in [1.54, 1.807) is 12.2 Å². The van der Waals surface area contributed by atoms with Gasteiger partial charge in [0.2, 0.25) is 5.78 Å². The molecule has 3 heteroatoms.